The molecule has 2 nitrogen and oxygen atoms in total. The molecule has 0 saturated heterocycles. The fourth-order valence-corrected chi connectivity index (χ4v) is 10.3. The van der Waals surface area contributed by atoms with Crippen LogP contribution in [0.1, 0.15) is 30.5 Å². The summed E-state index contributed by atoms with van der Waals surface area (Å²) in [5.41, 5.74) is 8.23. The van der Waals surface area contributed by atoms with Gasteiger partial charge in [-0.15, -0.1) is 0 Å². The second-order valence-electron chi connectivity index (χ2n) is 9.07. The van der Waals surface area contributed by atoms with Gasteiger partial charge in [0.15, 0.2) is 0 Å². The number of nitrogens with zero attached hydrogens (tertiary/aromatic N) is 1. The number of methoxy groups -OCH3 is 1. The van der Waals surface area contributed by atoms with Crippen molar-refractivity contribution in [1.29, 1.82) is 5.26 Å². The van der Waals surface area contributed by atoms with Crippen molar-refractivity contribution in [2.45, 2.75) is 25.9 Å². The first-order valence-corrected chi connectivity index (χ1v) is 14.7. The van der Waals surface area contributed by atoms with Crippen molar-refractivity contribution in [2.24, 2.45) is 0 Å². The molecule has 4 aromatic rings. The Hall–Kier alpha value is -3.87. The van der Waals surface area contributed by atoms with Gasteiger partial charge in [-0.25, -0.2) is 0 Å². The average Bonchev–Trinajstić information content (AvgIpc) is 3.07. The highest BCUT2D eigenvalue weighted by molar-refractivity contribution is 7.03. The second kappa shape index (κ2) is 9.41. The van der Waals surface area contributed by atoms with Crippen LogP contribution < -0.4 is 15.1 Å². The van der Waals surface area contributed by atoms with Gasteiger partial charge in [0, 0.05) is 0 Å². The van der Waals surface area contributed by atoms with Gasteiger partial charge in [0.1, 0.15) is 13.8 Å². The van der Waals surface area contributed by atoms with E-state index >= 15 is 0 Å². The third kappa shape index (κ3) is 3.81. The summed E-state index contributed by atoms with van der Waals surface area (Å²) in [6.45, 7) is 4.73. The molecule has 0 amide bonds. The zero-order valence-electron chi connectivity index (χ0n) is 20.5. The molecule has 5 rings (SSSR count). The molecular weight excluding hydrogens is 442 g/mol. The molecule has 1 aliphatic rings. The van der Waals surface area contributed by atoms with Crippen molar-refractivity contribution in [3.05, 3.63) is 102 Å². The van der Waals surface area contributed by atoms with Crippen molar-refractivity contribution in [2.75, 3.05) is 7.11 Å². The quantitative estimate of drug-likeness (QED) is 0.294. The summed E-state index contributed by atoms with van der Waals surface area (Å²) >= 11 is 0. The molecule has 3 heteroatoms. The Labute approximate surface area is 209 Å². The maximum atomic E-state index is 9.25. The summed E-state index contributed by atoms with van der Waals surface area (Å²) in [5.74, 6) is 0.872. The summed E-state index contributed by atoms with van der Waals surface area (Å²) in [4.78, 5) is 0. The molecule has 35 heavy (non-hydrogen) atoms. The molecule has 172 valence electrons. The molecule has 1 heterocycles. The SMILES string of the molecule is CC[Si]1(CC)c2cccc(-c3ccc(C#N)cc3)c2C=Cc2c(-c3ccc(OC)cc3)cccc21. The first-order chi connectivity index (χ1) is 17.1. The van der Waals surface area contributed by atoms with E-state index in [1.165, 1.54) is 38.2 Å². The smallest absolute Gasteiger partial charge is 0.119 e. The van der Waals surface area contributed by atoms with E-state index in [2.05, 4.69) is 92.7 Å². The van der Waals surface area contributed by atoms with Crippen LogP contribution >= 0.6 is 0 Å². The van der Waals surface area contributed by atoms with Crippen LogP contribution in [-0.4, -0.2) is 15.2 Å². The lowest BCUT2D eigenvalue weighted by Gasteiger charge is -2.33. The summed E-state index contributed by atoms with van der Waals surface area (Å²) in [6.07, 6.45) is 4.66. The Morgan fingerprint density at radius 3 is 1.60 bits per heavy atom. The minimum atomic E-state index is -2.03. The molecule has 0 spiro atoms. The van der Waals surface area contributed by atoms with Gasteiger partial charge in [-0.1, -0.05) is 98.8 Å². The van der Waals surface area contributed by atoms with Gasteiger partial charge in [-0.3, -0.25) is 0 Å². The van der Waals surface area contributed by atoms with Crippen LogP contribution in [0.25, 0.3) is 34.4 Å². The molecule has 0 atom stereocenters. The van der Waals surface area contributed by atoms with Gasteiger partial charge in [0.2, 0.25) is 0 Å². The van der Waals surface area contributed by atoms with Gasteiger partial charge in [0.05, 0.1) is 18.7 Å². The largest absolute Gasteiger partial charge is 0.497 e. The number of fused-ring (bicyclic) bond motifs is 2. The Morgan fingerprint density at radius 2 is 1.17 bits per heavy atom. The second-order valence-corrected chi connectivity index (χ2v) is 13.7. The number of ether oxygens (including phenoxy) is 1. The maximum Gasteiger partial charge on any atom is 0.119 e. The number of hydrogen-bond acceptors (Lipinski definition) is 2. The standard InChI is InChI=1S/C32H29NOSi/c1-4-35(5-2)31-10-6-8-27(24-14-12-23(22-33)13-15-24)29(31)20-21-30-28(9-7-11-32(30)35)25-16-18-26(34-3)19-17-25/h6-21H,4-5H2,1-3H3. The molecule has 0 aromatic heterocycles. The first kappa shape index (κ1) is 22.9. The highest BCUT2D eigenvalue weighted by Crippen LogP contribution is 2.34. The van der Waals surface area contributed by atoms with Gasteiger partial charge in [-0.2, -0.15) is 5.26 Å². The zero-order valence-corrected chi connectivity index (χ0v) is 21.5. The Kier molecular flexibility index (Phi) is 6.15. The predicted octanol–water partition coefficient (Wildman–Crippen LogP) is 6.99. The van der Waals surface area contributed by atoms with E-state index < -0.39 is 8.07 Å². The van der Waals surface area contributed by atoms with Crippen LogP contribution in [-0.2, 0) is 0 Å². The van der Waals surface area contributed by atoms with E-state index in [-0.39, 0.29) is 0 Å². The summed E-state index contributed by atoms with van der Waals surface area (Å²) in [6, 6.07) is 34.5. The highest BCUT2D eigenvalue weighted by Gasteiger charge is 2.38. The van der Waals surface area contributed by atoms with Crippen molar-refractivity contribution in [3.8, 4) is 34.1 Å². The summed E-state index contributed by atoms with van der Waals surface area (Å²) in [7, 11) is -0.320. The van der Waals surface area contributed by atoms with Crippen molar-refractivity contribution >= 4 is 30.6 Å². The predicted molar refractivity (Wildman–Crippen MR) is 150 cm³/mol. The van der Waals surface area contributed by atoms with E-state index in [1.807, 2.05) is 24.3 Å². The molecule has 4 aromatic carbocycles. The minimum Gasteiger partial charge on any atom is -0.497 e. The number of rotatable bonds is 5. The van der Waals surface area contributed by atoms with E-state index in [9.17, 15) is 5.26 Å². The number of hydrogen-bond donors (Lipinski definition) is 0. The van der Waals surface area contributed by atoms with E-state index in [0.717, 1.165) is 23.4 Å². The topological polar surface area (TPSA) is 33.0 Å². The van der Waals surface area contributed by atoms with Gasteiger partial charge >= 0.3 is 0 Å². The van der Waals surface area contributed by atoms with Gasteiger partial charge in [-0.05, 0) is 68.0 Å². The molecule has 0 N–H and O–H groups in total. The van der Waals surface area contributed by atoms with Gasteiger partial charge in [0.25, 0.3) is 0 Å². The minimum absolute atomic E-state index is 0.689. The van der Waals surface area contributed by atoms with Crippen molar-refractivity contribution in [3.63, 3.8) is 0 Å². The molecular formula is C32H29NOSi. The first-order valence-electron chi connectivity index (χ1n) is 12.2. The van der Waals surface area contributed by atoms with Crippen molar-refractivity contribution < 1.29 is 4.74 Å². The Bertz CT molecular complexity index is 1440. The van der Waals surface area contributed by atoms with Crippen LogP contribution in [0.2, 0.25) is 12.1 Å². The molecule has 0 fully saturated rings. The maximum absolute atomic E-state index is 9.25. The van der Waals surface area contributed by atoms with Crippen LogP contribution in [0.5, 0.6) is 5.75 Å². The third-order valence-electron chi connectivity index (χ3n) is 7.59. The Morgan fingerprint density at radius 1 is 0.686 bits per heavy atom. The highest BCUT2D eigenvalue weighted by atomic mass is 28.3. The molecule has 1 aliphatic heterocycles. The molecule has 0 aliphatic carbocycles. The number of nitriles is 1. The molecule has 0 saturated carbocycles. The normalized spacial score (nSPS) is 13.3. The lowest BCUT2D eigenvalue weighted by Crippen LogP contribution is -2.58. The van der Waals surface area contributed by atoms with Crippen molar-refractivity contribution in [1.82, 2.24) is 0 Å². The molecule has 0 bridgehead atoms. The summed E-state index contributed by atoms with van der Waals surface area (Å²) in [5, 5.41) is 12.3. The fraction of sp³-hybridized carbons (Fsp3) is 0.156. The van der Waals surface area contributed by atoms with Gasteiger partial charge < -0.3 is 4.74 Å². The third-order valence-corrected chi connectivity index (χ3v) is 12.9. The van der Waals surface area contributed by atoms with Crippen LogP contribution in [0, 0.1) is 11.3 Å². The van der Waals surface area contributed by atoms with Crippen LogP contribution in [0.4, 0.5) is 0 Å². The molecule has 0 unspecified atom stereocenters. The zero-order chi connectivity index (χ0) is 24.4. The average molecular weight is 472 g/mol. The van der Waals surface area contributed by atoms with E-state index in [0.29, 0.717) is 5.56 Å². The van der Waals surface area contributed by atoms with Crippen LogP contribution in [0.15, 0.2) is 84.9 Å². The lowest BCUT2D eigenvalue weighted by atomic mass is 9.96. The number of benzene rings is 4. The Balaban J connectivity index is 1.75. The van der Waals surface area contributed by atoms with Crippen LogP contribution in [0.3, 0.4) is 0 Å². The lowest BCUT2D eigenvalue weighted by molar-refractivity contribution is 0.415. The van der Waals surface area contributed by atoms with E-state index in [1.54, 1.807) is 7.11 Å². The monoisotopic (exact) mass is 471 g/mol. The fourth-order valence-electron chi connectivity index (χ4n) is 5.65. The van der Waals surface area contributed by atoms with E-state index in [4.69, 9.17) is 4.74 Å². The summed E-state index contributed by atoms with van der Waals surface area (Å²) < 4.78 is 5.39. The molecule has 0 radical (unpaired) electrons.